The van der Waals surface area contributed by atoms with Gasteiger partial charge in [-0.2, -0.15) is 0 Å². The third-order valence-electron chi connectivity index (χ3n) is 14.0. The third-order valence-corrected chi connectivity index (χ3v) is 14.4. The largest absolute Gasteiger partial charge is 0.353 e. The van der Waals surface area contributed by atoms with Gasteiger partial charge in [0.2, 0.25) is 47.3 Å². The lowest BCUT2D eigenvalue weighted by molar-refractivity contribution is -0.138. The molecule has 2 saturated heterocycles. The van der Waals surface area contributed by atoms with Gasteiger partial charge < -0.3 is 52.3 Å². The maximum atomic E-state index is 13.9. The van der Waals surface area contributed by atoms with E-state index < -0.39 is 89.2 Å². The number of carbonyl (C=O) groups is 9. The van der Waals surface area contributed by atoms with Gasteiger partial charge in [-0.25, -0.2) is 0 Å². The van der Waals surface area contributed by atoms with Gasteiger partial charge in [0.05, 0.1) is 13.1 Å². The highest BCUT2D eigenvalue weighted by Crippen LogP contribution is 2.29. The second-order valence-electron chi connectivity index (χ2n) is 22.5. The highest BCUT2D eigenvalue weighted by Gasteiger charge is 2.41. The Labute approximate surface area is 435 Å². The maximum Gasteiger partial charge on any atom is 0.254 e. The molecule has 408 valence electrons. The molecule has 1 aromatic rings. The van der Waals surface area contributed by atoms with Gasteiger partial charge in [0.25, 0.3) is 5.91 Å². The van der Waals surface area contributed by atoms with Crippen molar-refractivity contribution in [3.63, 3.8) is 0 Å². The van der Waals surface area contributed by atoms with Crippen molar-refractivity contribution in [2.75, 3.05) is 66.0 Å². The van der Waals surface area contributed by atoms with Gasteiger partial charge in [-0.05, 0) is 109 Å². The van der Waals surface area contributed by atoms with Gasteiger partial charge in [0.15, 0.2) is 0 Å². The lowest BCUT2D eigenvalue weighted by Gasteiger charge is -2.34. The van der Waals surface area contributed by atoms with E-state index in [1.807, 2.05) is 32.9 Å². The van der Waals surface area contributed by atoms with E-state index in [-0.39, 0.29) is 30.1 Å². The van der Waals surface area contributed by atoms with Crippen LogP contribution in [0.15, 0.2) is 24.3 Å². The van der Waals surface area contributed by atoms with E-state index in [2.05, 4.69) is 68.6 Å². The van der Waals surface area contributed by atoms with Crippen LogP contribution < -0.4 is 47.8 Å². The molecule has 0 bridgehead atoms. The number of hydrogen-bond donors (Lipinski definition) is 8. The number of nitrogens with one attached hydrogen (secondary N) is 8. The summed E-state index contributed by atoms with van der Waals surface area (Å²) >= 11 is 0. The fourth-order valence-corrected chi connectivity index (χ4v) is 9.56. The summed E-state index contributed by atoms with van der Waals surface area (Å²) in [5, 5.41) is 22.6. The second-order valence-corrected chi connectivity index (χ2v) is 23.2. The zero-order valence-corrected chi connectivity index (χ0v) is 46.2. The SMILES string of the molecule is CC(C)C[C@H](NC(=O)CNC(=O)C(C)(C)NC(=O)CNC(=O)C(CCC1CCCCC1)NC(=O)[C@@H]1CC(C)CN1C(=O)c1ccc(P)cc1)C(=O)NC(C)(C)C(=O)NC(C)(C)C(=O)NCCN1CCN(C)CC1. The van der Waals surface area contributed by atoms with Crippen LogP contribution in [0.3, 0.4) is 0 Å². The van der Waals surface area contributed by atoms with Crippen molar-refractivity contribution in [1.82, 2.24) is 57.2 Å². The molecule has 3 unspecified atom stereocenters. The number of likely N-dealkylation sites (N-methyl/N-ethyl adjacent to an activating group) is 1. The van der Waals surface area contributed by atoms with Crippen LogP contribution in [0.2, 0.25) is 0 Å². The molecular weight excluding hydrogens is 954 g/mol. The average Bonchev–Trinajstić information content (AvgIpc) is 3.72. The summed E-state index contributed by atoms with van der Waals surface area (Å²) in [6.07, 6.45) is 7.12. The maximum absolute atomic E-state index is 13.9. The minimum absolute atomic E-state index is 0.0601. The van der Waals surface area contributed by atoms with Crippen LogP contribution in [-0.2, 0) is 38.4 Å². The molecule has 73 heavy (non-hydrogen) atoms. The summed E-state index contributed by atoms with van der Waals surface area (Å²) in [4.78, 5) is 127. The molecule has 5 atom stereocenters. The molecule has 21 heteroatoms. The number of benzene rings is 1. The van der Waals surface area contributed by atoms with Crippen LogP contribution in [0.5, 0.6) is 0 Å². The number of likely N-dealkylation sites (tertiary alicyclic amines) is 1. The zero-order valence-electron chi connectivity index (χ0n) is 45.1. The fraction of sp³-hybridized carbons (Fsp3) is 0.712. The number of hydrogen-bond acceptors (Lipinski definition) is 11. The van der Waals surface area contributed by atoms with Gasteiger partial charge in [-0.15, -0.1) is 9.24 Å². The van der Waals surface area contributed by atoms with E-state index >= 15 is 0 Å². The standard InChI is InChI=1S/C52H86N11O9P/c1-33(2)28-39(44(67)59-52(8,9)49(72)60-51(6,7)47(70)53-22-23-62-26-24-61(10)25-27-62)56-41(64)30-55-48(71)50(4,5)58-42(65)31-54-43(66)38(21-16-35-14-12-11-13-15-35)57-45(68)40-29-34(3)32-63(40)46(69)36-17-19-37(73)20-18-36/h17-20,33-35,38-40H,11-16,21-32,73H2,1-10H3,(H,53,70)(H,54,66)(H,55,71)(H,56,64)(H,57,68)(H,58,65)(H,59,67)(H,60,72)/t34?,38?,39-,40-/m0/s1. The minimum atomic E-state index is -1.55. The van der Waals surface area contributed by atoms with Gasteiger partial charge in [0, 0.05) is 51.4 Å². The first-order chi connectivity index (χ1) is 34.2. The van der Waals surface area contributed by atoms with Crippen molar-refractivity contribution in [3.05, 3.63) is 29.8 Å². The van der Waals surface area contributed by atoms with Crippen molar-refractivity contribution in [2.24, 2.45) is 17.8 Å². The summed E-state index contributed by atoms with van der Waals surface area (Å²) in [5.41, 5.74) is -3.88. The minimum Gasteiger partial charge on any atom is -0.353 e. The van der Waals surface area contributed by atoms with Gasteiger partial charge in [-0.1, -0.05) is 65.0 Å². The summed E-state index contributed by atoms with van der Waals surface area (Å²) in [7, 11) is 4.65. The number of rotatable bonds is 24. The van der Waals surface area contributed by atoms with E-state index in [4.69, 9.17) is 0 Å². The van der Waals surface area contributed by atoms with Gasteiger partial charge in [0.1, 0.15) is 34.7 Å². The lowest BCUT2D eigenvalue weighted by atomic mass is 9.85. The number of piperazine rings is 1. The molecule has 2 aliphatic heterocycles. The number of carbonyl (C=O) groups excluding carboxylic acids is 9. The van der Waals surface area contributed by atoms with Crippen molar-refractivity contribution < 1.29 is 43.2 Å². The van der Waals surface area contributed by atoms with E-state index in [0.29, 0.717) is 50.4 Å². The van der Waals surface area contributed by atoms with Crippen molar-refractivity contribution in [3.8, 4) is 0 Å². The van der Waals surface area contributed by atoms with E-state index in [9.17, 15) is 43.2 Å². The van der Waals surface area contributed by atoms with Gasteiger partial charge >= 0.3 is 0 Å². The topological polar surface area (TPSA) is 260 Å². The summed E-state index contributed by atoms with van der Waals surface area (Å²) < 4.78 is 0. The smallest absolute Gasteiger partial charge is 0.254 e. The van der Waals surface area contributed by atoms with Crippen LogP contribution >= 0.6 is 9.24 Å². The second kappa shape index (κ2) is 27.4. The van der Waals surface area contributed by atoms with Gasteiger partial charge in [-0.3, -0.25) is 48.1 Å². The van der Waals surface area contributed by atoms with Crippen LogP contribution in [0.1, 0.15) is 130 Å². The molecule has 20 nitrogen and oxygen atoms in total. The predicted octanol–water partition coefficient (Wildman–Crippen LogP) is 0.694. The molecule has 8 N–H and O–H groups in total. The Morgan fingerprint density at radius 1 is 0.685 bits per heavy atom. The Hall–Kier alpha value is -5.20. The normalized spacial score (nSPS) is 19.0. The Morgan fingerprint density at radius 2 is 1.27 bits per heavy atom. The third kappa shape index (κ3) is 19.2. The highest BCUT2D eigenvalue weighted by molar-refractivity contribution is 7.27. The molecule has 1 aliphatic carbocycles. The summed E-state index contributed by atoms with van der Waals surface area (Å²) in [5.74, 6) is -4.61. The molecule has 0 radical (unpaired) electrons. The molecular formula is C52H86N11O9P. The first-order valence-corrected chi connectivity index (χ1v) is 26.7. The Kier molecular flexibility index (Phi) is 22.6. The monoisotopic (exact) mass is 1040 g/mol. The fourth-order valence-electron chi connectivity index (χ4n) is 9.36. The first-order valence-electron chi connectivity index (χ1n) is 26.1. The molecule has 3 aliphatic rings. The molecule has 2 heterocycles. The quantitative estimate of drug-likeness (QED) is 0.0669. The number of nitrogens with zero attached hydrogens (tertiary/aromatic N) is 3. The molecule has 3 fully saturated rings. The predicted molar refractivity (Wildman–Crippen MR) is 283 cm³/mol. The zero-order chi connectivity index (χ0) is 54.3. The molecule has 4 rings (SSSR count). The Bertz CT molecular complexity index is 2100. The highest BCUT2D eigenvalue weighted by atomic mass is 31.0. The van der Waals surface area contributed by atoms with E-state index in [0.717, 1.165) is 63.6 Å². The van der Waals surface area contributed by atoms with Crippen LogP contribution in [0, 0.1) is 17.8 Å². The van der Waals surface area contributed by atoms with Crippen LogP contribution in [0.4, 0.5) is 0 Å². The molecule has 1 saturated carbocycles. The lowest BCUT2D eigenvalue weighted by Crippen LogP contribution is -2.64. The summed E-state index contributed by atoms with van der Waals surface area (Å²) in [6.45, 7) is 18.9. The van der Waals surface area contributed by atoms with Crippen LogP contribution in [0.25, 0.3) is 0 Å². The Balaban J connectivity index is 1.28. The first kappa shape index (κ1) is 60.4. The molecule has 0 spiro atoms. The van der Waals surface area contributed by atoms with E-state index in [1.165, 1.54) is 27.7 Å². The molecule has 9 amide bonds. The summed E-state index contributed by atoms with van der Waals surface area (Å²) in [6, 6.07) is 4.23. The van der Waals surface area contributed by atoms with Crippen molar-refractivity contribution >= 4 is 67.7 Å². The Morgan fingerprint density at radius 3 is 1.90 bits per heavy atom. The van der Waals surface area contributed by atoms with Crippen molar-refractivity contribution in [1.29, 1.82) is 0 Å². The van der Waals surface area contributed by atoms with Crippen LogP contribution in [-0.4, -0.2) is 169 Å². The average molecular weight is 1040 g/mol. The van der Waals surface area contributed by atoms with E-state index in [1.54, 1.807) is 30.9 Å². The molecule has 0 aromatic heterocycles. The van der Waals surface area contributed by atoms with Crippen molar-refractivity contribution in [2.45, 2.75) is 155 Å². The molecule has 1 aromatic carbocycles. The number of amides is 9.